The van der Waals surface area contributed by atoms with Gasteiger partial charge in [0.25, 0.3) is 16.8 Å². The van der Waals surface area contributed by atoms with Gasteiger partial charge < -0.3 is 4.74 Å². The van der Waals surface area contributed by atoms with Crippen LogP contribution in [0.1, 0.15) is 16.7 Å². The van der Waals surface area contributed by atoms with Gasteiger partial charge in [-0.1, -0.05) is 48.5 Å². The molecule has 0 unspecified atom stereocenters. The SMILES string of the molecule is O=C1S/C(=C\c2ccccc2OCc2ccc(F)cc2)C(=O)N1Cc1ccccc1[N+](=O)[O-]. The number of thioether (sulfide) groups is 1. The molecule has 0 saturated carbocycles. The van der Waals surface area contributed by atoms with E-state index in [1.54, 1.807) is 48.5 Å². The number of benzene rings is 3. The third-order valence-corrected chi connectivity index (χ3v) is 5.81. The number of ether oxygens (including phenoxy) is 1. The van der Waals surface area contributed by atoms with Gasteiger partial charge in [0.15, 0.2) is 0 Å². The van der Waals surface area contributed by atoms with E-state index in [9.17, 15) is 24.1 Å². The third kappa shape index (κ3) is 5.09. The summed E-state index contributed by atoms with van der Waals surface area (Å²) >= 11 is 0.766. The molecule has 0 spiro atoms. The van der Waals surface area contributed by atoms with Gasteiger partial charge in [-0.25, -0.2) is 4.39 Å². The van der Waals surface area contributed by atoms with Crippen LogP contribution < -0.4 is 4.74 Å². The number of hydrogen-bond acceptors (Lipinski definition) is 6. The van der Waals surface area contributed by atoms with E-state index in [1.165, 1.54) is 30.3 Å². The molecule has 1 aliphatic rings. The average molecular weight is 464 g/mol. The van der Waals surface area contributed by atoms with Crippen LogP contribution >= 0.6 is 11.8 Å². The first kappa shape index (κ1) is 22.2. The van der Waals surface area contributed by atoms with Gasteiger partial charge in [-0.15, -0.1) is 0 Å². The quantitative estimate of drug-likeness (QED) is 0.259. The molecule has 3 aromatic rings. The van der Waals surface area contributed by atoms with Gasteiger partial charge in [0.2, 0.25) is 0 Å². The summed E-state index contributed by atoms with van der Waals surface area (Å²) in [5.74, 6) is -0.375. The number of para-hydroxylation sites is 2. The van der Waals surface area contributed by atoms with Gasteiger partial charge in [-0.2, -0.15) is 0 Å². The first-order chi connectivity index (χ1) is 15.9. The maximum Gasteiger partial charge on any atom is 0.293 e. The maximum atomic E-state index is 13.1. The topological polar surface area (TPSA) is 89.8 Å². The first-order valence-electron chi connectivity index (χ1n) is 9.86. The van der Waals surface area contributed by atoms with Crippen molar-refractivity contribution in [2.75, 3.05) is 0 Å². The Balaban J connectivity index is 1.53. The molecule has 1 heterocycles. The maximum absolute atomic E-state index is 13.1. The van der Waals surface area contributed by atoms with Crippen molar-refractivity contribution in [2.24, 2.45) is 0 Å². The van der Waals surface area contributed by atoms with E-state index in [0.717, 1.165) is 22.2 Å². The number of hydrogen-bond donors (Lipinski definition) is 0. The van der Waals surface area contributed by atoms with Gasteiger partial charge in [0.1, 0.15) is 18.2 Å². The van der Waals surface area contributed by atoms with E-state index in [-0.39, 0.29) is 35.1 Å². The van der Waals surface area contributed by atoms with E-state index in [0.29, 0.717) is 11.3 Å². The van der Waals surface area contributed by atoms with Crippen molar-refractivity contribution in [3.8, 4) is 5.75 Å². The van der Waals surface area contributed by atoms with Crippen LogP contribution in [0.4, 0.5) is 14.9 Å². The molecule has 166 valence electrons. The van der Waals surface area contributed by atoms with Crippen molar-refractivity contribution in [3.05, 3.63) is 110 Å². The van der Waals surface area contributed by atoms with Crippen LogP contribution in [0.25, 0.3) is 6.08 Å². The zero-order chi connectivity index (χ0) is 23.4. The lowest BCUT2D eigenvalue weighted by Crippen LogP contribution is -2.27. The summed E-state index contributed by atoms with van der Waals surface area (Å²) in [6.07, 6.45) is 1.56. The van der Waals surface area contributed by atoms with Crippen LogP contribution in [0.15, 0.2) is 77.7 Å². The van der Waals surface area contributed by atoms with Gasteiger partial charge >= 0.3 is 0 Å². The number of nitro benzene ring substituents is 1. The average Bonchev–Trinajstić information content (AvgIpc) is 3.07. The lowest BCUT2D eigenvalue weighted by atomic mass is 10.1. The van der Waals surface area contributed by atoms with Gasteiger partial charge in [0.05, 0.1) is 16.4 Å². The van der Waals surface area contributed by atoms with Crippen molar-refractivity contribution >= 4 is 34.7 Å². The molecular weight excluding hydrogens is 447 g/mol. The summed E-state index contributed by atoms with van der Waals surface area (Å²) in [6.45, 7) is 0.00611. The second-order valence-electron chi connectivity index (χ2n) is 7.11. The fraction of sp³-hybridized carbons (Fsp3) is 0.0833. The highest BCUT2D eigenvalue weighted by atomic mass is 32.2. The van der Waals surface area contributed by atoms with Crippen molar-refractivity contribution in [3.63, 3.8) is 0 Å². The number of nitro groups is 1. The predicted octanol–water partition coefficient (Wildman–Crippen LogP) is 5.55. The Morgan fingerprint density at radius 3 is 2.45 bits per heavy atom. The Morgan fingerprint density at radius 2 is 1.70 bits per heavy atom. The third-order valence-electron chi connectivity index (χ3n) is 4.90. The number of halogens is 1. The highest BCUT2D eigenvalue weighted by Crippen LogP contribution is 2.35. The smallest absolute Gasteiger partial charge is 0.293 e. The molecule has 0 aliphatic carbocycles. The Morgan fingerprint density at radius 1 is 1.00 bits per heavy atom. The molecule has 9 heteroatoms. The Labute approximate surface area is 192 Å². The minimum atomic E-state index is -0.543. The molecule has 7 nitrogen and oxygen atoms in total. The number of carbonyl (C=O) groups excluding carboxylic acids is 2. The molecule has 1 saturated heterocycles. The number of carbonyl (C=O) groups is 2. The fourth-order valence-corrected chi connectivity index (χ4v) is 4.07. The summed E-state index contributed by atoms with van der Waals surface area (Å²) in [5, 5.41) is 10.7. The van der Waals surface area contributed by atoms with E-state index in [2.05, 4.69) is 0 Å². The van der Waals surface area contributed by atoms with Crippen LogP contribution in [0.2, 0.25) is 0 Å². The standard InChI is InChI=1S/C24H17FN2O5S/c25-19-11-9-16(10-12-19)15-32-21-8-4-2-5-17(21)13-22-23(28)26(24(29)33-22)14-18-6-1-3-7-20(18)27(30)31/h1-13H,14-15H2/b22-13-. The van der Waals surface area contributed by atoms with Crippen molar-refractivity contribution in [1.82, 2.24) is 4.90 Å². The van der Waals surface area contributed by atoms with Crippen LogP contribution in [0.5, 0.6) is 5.75 Å². The lowest BCUT2D eigenvalue weighted by molar-refractivity contribution is -0.385. The molecule has 0 aromatic heterocycles. The molecule has 1 fully saturated rings. The van der Waals surface area contributed by atoms with E-state index < -0.39 is 16.1 Å². The van der Waals surface area contributed by atoms with Gasteiger partial charge in [-0.05, 0) is 41.6 Å². The molecule has 1 aliphatic heterocycles. The van der Waals surface area contributed by atoms with Crippen LogP contribution in [-0.4, -0.2) is 21.0 Å². The van der Waals surface area contributed by atoms with Crippen molar-refractivity contribution < 1.29 is 23.6 Å². The Hall–Kier alpha value is -3.98. The molecule has 0 radical (unpaired) electrons. The molecule has 2 amide bonds. The van der Waals surface area contributed by atoms with Crippen molar-refractivity contribution in [2.45, 2.75) is 13.2 Å². The fourth-order valence-electron chi connectivity index (χ4n) is 3.24. The number of amides is 2. The van der Waals surface area contributed by atoms with Crippen LogP contribution in [-0.2, 0) is 17.9 Å². The highest BCUT2D eigenvalue weighted by molar-refractivity contribution is 8.18. The van der Waals surface area contributed by atoms with E-state index >= 15 is 0 Å². The monoisotopic (exact) mass is 464 g/mol. The lowest BCUT2D eigenvalue weighted by Gasteiger charge is -2.12. The zero-order valence-corrected chi connectivity index (χ0v) is 18.0. The number of nitrogens with zero attached hydrogens (tertiary/aromatic N) is 2. The molecule has 0 N–H and O–H groups in total. The van der Waals surface area contributed by atoms with Crippen LogP contribution in [0, 0.1) is 15.9 Å². The summed E-state index contributed by atoms with van der Waals surface area (Å²) in [7, 11) is 0. The molecule has 3 aromatic carbocycles. The van der Waals surface area contributed by atoms with Gasteiger partial charge in [-0.3, -0.25) is 24.6 Å². The molecule has 4 rings (SSSR count). The van der Waals surface area contributed by atoms with Crippen molar-refractivity contribution in [1.29, 1.82) is 0 Å². The van der Waals surface area contributed by atoms with Crippen LogP contribution in [0.3, 0.4) is 0 Å². The first-order valence-corrected chi connectivity index (χ1v) is 10.7. The van der Waals surface area contributed by atoms with Gasteiger partial charge in [0, 0.05) is 17.2 Å². The Bertz CT molecular complexity index is 1260. The minimum Gasteiger partial charge on any atom is -0.488 e. The molecular formula is C24H17FN2O5S. The summed E-state index contributed by atoms with van der Waals surface area (Å²) in [5.41, 5.74) is 1.49. The molecule has 33 heavy (non-hydrogen) atoms. The zero-order valence-electron chi connectivity index (χ0n) is 17.1. The minimum absolute atomic E-state index is 0.153. The second-order valence-corrected chi connectivity index (χ2v) is 8.10. The normalized spacial score (nSPS) is 14.7. The second kappa shape index (κ2) is 9.66. The number of rotatable bonds is 7. The van der Waals surface area contributed by atoms with E-state index in [1.807, 2.05) is 0 Å². The predicted molar refractivity (Wildman–Crippen MR) is 122 cm³/mol. The highest BCUT2D eigenvalue weighted by Gasteiger charge is 2.36. The Kier molecular flexibility index (Phi) is 6.50. The largest absolute Gasteiger partial charge is 0.488 e. The number of imide groups is 1. The summed E-state index contributed by atoms with van der Waals surface area (Å²) < 4.78 is 18.9. The van der Waals surface area contributed by atoms with E-state index in [4.69, 9.17) is 4.74 Å². The molecule has 0 atom stereocenters. The summed E-state index contributed by atoms with van der Waals surface area (Å²) in [4.78, 5) is 37.3. The molecule has 0 bridgehead atoms. The summed E-state index contributed by atoms with van der Waals surface area (Å²) in [6, 6.07) is 18.9.